The standard InChI is InChI=1S/C6H8N3.F6P/c1-8-4-5-9(6-8)3-2-7;1-7(2,3,4,5)6/h4-6H,3H2,1H3;/q+1;-1. The molecule has 1 aromatic heterocycles. The fourth-order valence-electron chi connectivity index (χ4n) is 0.677. The van der Waals surface area contributed by atoms with Gasteiger partial charge in [0.15, 0.2) is 6.54 Å². The SMILES string of the molecule is C[n+]1ccn(CC#N)c1.F[P-](F)(F)(F)(F)F. The van der Waals surface area contributed by atoms with Gasteiger partial charge in [0.25, 0.3) is 0 Å². The van der Waals surface area contributed by atoms with Crippen molar-refractivity contribution in [1.82, 2.24) is 4.57 Å². The molecule has 0 saturated carbocycles. The summed E-state index contributed by atoms with van der Waals surface area (Å²) in [6.07, 6.45) is 5.63. The van der Waals surface area contributed by atoms with Crippen LogP contribution in [-0.4, -0.2) is 4.57 Å². The molecule has 0 N–H and O–H groups in total. The van der Waals surface area contributed by atoms with E-state index in [1.54, 1.807) is 0 Å². The van der Waals surface area contributed by atoms with Crippen LogP contribution in [0.3, 0.4) is 0 Å². The van der Waals surface area contributed by atoms with E-state index in [-0.39, 0.29) is 0 Å². The number of halogens is 6. The van der Waals surface area contributed by atoms with Crippen LogP contribution in [0, 0.1) is 11.3 Å². The second kappa shape index (κ2) is 3.63. The van der Waals surface area contributed by atoms with Crippen LogP contribution >= 0.6 is 7.81 Å². The van der Waals surface area contributed by atoms with Crippen molar-refractivity contribution in [3.05, 3.63) is 18.7 Å². The molecular weight excluding hydrogens is 259 g/mol. The zero-order chi connectivity index (χ0) is 13.1. The zero-order valence-electron chi connectivity index (χ0n) is 8.00. The van der Waals surface area contributed by atoms with Gasteiger partial charge in [-0.3, -0.25) is 0 Å². The molecule has 0 aromatic carbocycles. The van der Waals surface area contributed by atoms with Crippen molar-refractivity contribution in [2.45, 2.75) is 6.54 Å². The van der Waals surface area contributed by atoms with Crippen LogP contribution < -0.4 is 4.57 Å². The van der Waals surface area contributed by atoms with Crippen molar-refractivity contribution >= 4 is 7.81 Å². The van der Waals surface area contributed by atoms with Gasteiger partial charge in [0.1, 0.15) is 18.5 Å². The summed E-state index contributed by atoms with van der Waals surface area (Å²) >= 11 is 0. The first kappa shape index (κ1) is 14.7. The van der Waals surface area contributed by atoms with E-state index >= 15 is 0 Å². The second-order valence-corrected chi connectivity index (χ2v) is 4.78. The minimum absolute atomic E-state index is 0.431. The van der Waals surface area contributed by atoms with Crippen molar-refractivity contribution in [1.29, 1.82) is 5.26 Å². The summed E-state index contributed by atoms with van der Waals surface area (Å²) in [5.41, 5.74) is 0. The molecule has 0 aliphatic rings. The first-order valence-electron chi connectivity index (χ1n) is 3.72. The van der Waals surface area contributed by atoms with Gasteiger partial charge in [-0.05, 0) is 0 Å². The van der Waals surface area contributed by atoms with E-state index in [0.717, 1.165) is 0 Å². The Morgan fingerprint density at radius 2 is 1.69 bits per heavy atom. The number of rotatable bonds is 1. The summed E-state index contributed by atoms with van der Waals surface area (Å²) in [7, 11) is -8.73. The average molecular weight is 267 g/mol. The molecule has 0 unspecified atom stereocenters. The maximum absolute atomic E-state index is 10.7. The van der Waals surface area contributed by atoms with Gasteiger partial charge in [0.05, 0.1) is 7.05 Å². The monoisotopic (exact) mass is 267 g/mol. The Kier molecular flexibility index (Phi) is 3.33. The van der Waals surface area contributed by atoms with E-state index in [2.05, 4.69) is 0 Å². The molecule has 0 bridgehead atoms. The fraction of sp³-hybridized carbons (Fsp3) is 0.333. The number of imidazole rings is 1. The van der Waals surface area contributed by atoms with Crippen molar-refractivity contribution in [2.24, 2.45) is 7.05 Å². The second-order valence-electron chi connectivity index (χ2n) is 2.87. The Balaban J connectivity index is 0.000000293. The van der Waals surface area contributed by atoms with E-state index in [9.17, 15) is 25.2 Å². The molecule has 0 fully saturated rings. The Bertz CT molecular complexity index is 387. The van der Waals surface area contributed by atoms with Gasteiger partial charge in [0.2, 0.25) is 6.33 Å². The van der Waals surface area contributed by atoms with Crippen molar-refractivity contribution < 1.29 is 29.7 Å². The first-order valence-corrected chi connectivity index (χ1v) is 5.75. The Morgan fingerprint density at radius 1 is 1.25 bits per heavy atom. The number of hydrogen-bond acceptors (Lipinski definition) is 1. The third-order valence-corrected chi connectivity index (χ3v) is 1.08. The molecule has 0 amide bonds. The predicted molar refractivity (Wildman–Crippen MR) is 44.8 cm³/mol. The van der Waals surface area contributed by atoms with Crippen molar-refractivity contribution in [2.75, 3.05) is 0 Å². The molecular formula is C6H8F6N3P. The molecule has 10 heteroatoms. The predicted octanol–water partition coefficient (Wildman–Crippen LogP) is 3.22. The maximum atomic E-state index is 9.87. The molecule has 0 saturated heterocycles. The zero-order valence-corrected chi connectivity index (χ0v) is 8.89. The third-order valence-electron chi connectivity index (χ3n) is 1.08. The number of nitrogens with zero attached hydrogens (tertiary/aromatic N) is 3. The Morgan fingerprint density at radius 3 is 1.94 bits per heavy atom. The average Bonchev–Trinajstić information content (AvgIpc) is 2.29. The molecule has 0 radical (unpaired) electrons. The van der Waals surface area contributed by atoms with E-state index in [1.165, 1.54) is 0 Å². The summed E-state index contributed by atoms with van der Waals surface area (Å²) in [6, 6.07) is 2.05. The van der Waals surface area contributed by atoms with Crippen LogP contribution in [0.2, 0.25) is 0 Å². The number of aryl methyl sites for hydroxylation is 1. The molecule has 0 aliphatic heterocycles. The van der Waals surface area contributed by atoms with Crippen LogP contribution in [0.4, 0.5) is 25.2 Å². The summed E-state index contributed by atoms with van der Waals surface area (Å²) < 4.78 is 62.9. The van der Waals surface area contributed by atoms with E-state index in [4.69, 9.17) is 5.26 Å². The van der Waals surface area contributed by atoms with Crippen LogP contribution in [0.1, 0.15) is 0 Å². The normalized spacial score (nSPS) is 15.1. The third kappa shape index (κ3) is 15.2. The Hall–Kier alpha value is -1.29. The summed E-state index contributed by atoms with van der Waals surface area (Å²) in [5, 5.41) is 8.25. The van der Waals surface area contributed by atoms with Gasteiger partial charge in [-0.15, -0.1) is 0 Å². The van der Waals surface area contributed by atoms with Crippen LogP contribution in [0.15, 0.2) is 18.7 Å². The molecule has 1 heterocycles. The van der Waals surface area contributed by atoms with Gasteiger partial charge >= 0.3 is 33.0 Å². The summed E-state index contributed by atoms with van der Waals surface area (Å²) in [6.45, 7) is 0.431. The van der Waals surface area contributed by atoms with E-state index in [1.807, 2.05) is 41.0 Å². The van der Waals surface area contributed by atoms with Gasteiger partial charge in [0, 0.05) is 0 Å². The van der Waals surface area contributed by atoms with Crippen LogP contribution in [0.25, 0.3) is 0 Å². The van der Waals surface area contributed by atoms with Crippen molar-refractivity contribution in [3.8, 4) is 6.07 Å². The molecule has 0 spiro atoms. The minimum atomic E-state index is -10.7. The number of aromatic nitrogens is 2. The molecule has 1 rings (SSSR count). The van der Waals surface area contributed by atoms with E-state index < -0.39 is 7.81 Å². The van der Waals surface area contributed by atoms with Gasteiger partial charge in [-0.25, -0.2) is 9.13 Å². The van der Waals surface area contributed by atoms with Gasteiger partial charge < -0.3 is 0 Å². The van der Waals surface area contributed by atoms with Gasteiger partial charge in [-0.1, -0.05) is 0 Å². The van der Waals surface area contributed by atoms with Crippen molar-refractivity contribution in [3.63, 3.8) is 0 Å². The molecule has 0 atom stereocenters. The molecule has 3 nitrogen and oxygen atoms in total. The number of hydrogen-bond donors (Lipinski definition) is 0. The van der Waals surface area contributed by atoms with Gasteiger partial charge in [-0.2, -0.15) is 5.26 Å². The van der Waals surface area contributed by atoms with Crippen LogP contribution in [0.5, 0.6) is 0 Å². The number of nitriles is 1. The molecule has 1 aromatic rings. The molecule has 94 valence electrons. The quantitative estimate of drug-likeness (QED) is 0.437. The van der Waals surface area contributed by atoms with E-state index in [0.29, 0.717) is 6.54 Å². The molecule has 0 aliphatic carbocycles. The topological polar surface area (TPSA) is 32.6 Å². The first-order chi connectivity index (χ1) is 6.78. The molecule has 16 heavy (non-hydrogen) atoms. The summed E-state index contributed by atoms with van der Waals surface area (Å²) in [5.74, 6) is 0. The Labute approximate surface area is 86.8 Å². The fourth-order valence-corrected chi connectivity index (χ4v) is 0.677. The summed E-state index contributed by atoms with van der Waals surface area (Å²) in [4.78, 5) is 0. The van der Waals surface area contributed by atoms with Crippen LogP contribution in [-0.2, 0) is 13.6 Å².